The number of carbonyl (C=O) groups is 2. The fourth-order valence-electron chi connectivity index (χ4n) is 2.40. The topological polar surface area (TPSA) is 93.5 Å². The highest BCUT2D eigenvalue weighted by Gasteiger charge is 2.17. The lowest BCUT2D eigenvalue weighted by Gasteiger charge is -2.18. The Kier molecular flexibility index (Phi) is 9.64. The SMILES string of the molecule is CC(=O)NC(CC(=O)Nc1ccc(OCCN)cc1)c1ccc(Cl)cc1.Cl. The average Bonchev–Trinajstić information content (AvgIpc) is 2.61. The number of rotatable bonds is 8. The summed E-state index contributed by atoms with van der Waals surface area (Å²) in [5, 5.41) is 6.20. The summed E-state index contributed by atoms with van der Waals surface area (Å²) < 4.78 is 5.39. The molecule has 2 rings (SSSR count). The van der Waals surface area contributed by atoms with Crippen LogP contribution in [0.5, 0.6) is 5.75 Å². The van der Waals surface area contributed by atoms with Gasteiger partial charge >= 0.3 is 0 Å². The zero-order chi connectivity index (χ0) is 18.9. The molecule has 27 heavy (non-hydrogen) atoms. The van der Waals surface area contributed by atoms with E-state index in [4.69, 9.17) is 22.1 Å². The second kappa shape index (κ2) is 11.4. The fourth-order valence-corrected chi connectivity index (χ4v) is 2.53. The maximum atomic E-state index is 12.4. The molecule has 0 spiro atoms. The lowest BCUT2D eigenvalue weighted by Crippen LogP contribution is -2.29. The van der Waals surface area contributed by atoms with Gasteiger partial charge in [0.1, 0.15) is 12.4 Å². The summed E-state index contributed by atoms with van der Waals surface area (Å²) in [6.07, 6.45) is 0.104. The van der Waals surface area contributed by atoms with Gasteiger partial charge in [0.05, 0.1) is 12.5 Å². The number of hydrogen-bond donors (Lipinski definition) is 3. The van der Waals surface area contributed by atoms with Gasteiger partial charge in [0.2, 0.25) is 11.8 Å². The monoisotopic (exact) mass is 411 g/mol. The number of ether oxygens (including phenoxy) is 1. The molecule has 2 aromatic rings. The van der Waals surface area contributed by atoms with Crippen molar-refractivity contribution in [3.8, 4) is 5.75 Å². The Bertz CT molecular complexity index is 737. The van der Waals surface area contributed by atoms with Gasteiger partial charge < -0.3 is 21.1 Å². The van der Waals surface area contributed by atoms with E-state index in [1.54, 1.807) is 48.5 Å². The normalized spacial score (nSPS) is 11.1. The Hall–Kier alpha value is -2.28. The van der Waals surface area contributed by atoms with Crippen molar-refractivity contribution in [1.82, 2.24) is 5.32 Å². The van der Waals surface area contributed by atoms with Crippen LogP contribution in [0.4, 0.5) is 5.69 Å². The van der Waals surface area contributed by atoms with E-state index in [0.29, 0.717) is 29.6 Å². The maximum Gasteiger partial charge on any atom is 0.226 e. The first-order valence-corrected chi connectivity index (χ1v) is 8.61. The highest BCUT2D eigenvalue weighted by Crippen LogP contribution is 2.21. The summed E-state index contributed by atoms with van der Waals surface area (Å²) in [6, 6.07) is 13.6. The molecule has 1 atom stereocenters. The van der Waals surface area contributed by atoms with Crippen LogP contribution >= 0.6 is 24.0 Å². The molecule has 8 heteroatoms. The summed E-state index contributed by atoms with van der Waals surface area (Å²) in [4.78, 5) is 23.8. The van der Waals surface area contributed by atoms with Gasteiger partial charge in [-0.25, -0.2) is 0 Å². The zero-order valence-corrected chi connectivity index (χ0v) is 16.5. The van der Waals surface area contributed by atoms with Crippen molar-refractivity contribution in [2.45, 2.75) is 19.4 Å². The second-order valence-electron chi connectivity index (χ2n) is 5.72. The van der Waals surface area contributed by atoms with E-state index in [2.05, 4.69) is 10.6 Å². The van der Waals surface area contributed by atoms with Crippen LogP contribution in [-0.4, -0.2) is 25.0 Å². The number of anilines is 1. The Balaban J connectivity index is 0.00000364. The molecule has 0 aliphatic heterocycles. The van der Waals surface area contributed by atoms with Gasteiger partial charge in [-0.15, -0.1) is 12.4 Å². The number of nitrogens with two attached hydrogens (primary N) is 1. The number of hydrogen-bond acceptors (Lipinski definition) is 4. The molecule has 2 aromatic carbocycles. The number of amides is 2. The van der Waals surface area contributed by atoms with Crippen LogP contribution in [0, 0.1) is 0 Å². The van der Waals surface area contributed by atoms with Crippen LogP contribution in [0.1, 0.15) is 24.9 Å². The third kappa shape index (κ3) is 7.86. The minimum Gasteiger partial charge on any atom is -0.492 e. The highest BCUT2D eigenvalue weighted by molar-refractivity contribution is 6.30. The molecule has 146 valence electrons. The standard InChI is InChI=1S/C19H22ClN3O3.ClH/c1-13(24)22-18(14-2-4-15(20)5-3-14)12-19(25)23-16-6-8-17(9-7-16)26-11-10-21;/h2-9,18H,10-12,21H2,1H3,(H,22,24)(H,23,25);1H. The molecule has 0 aliphatic carbocycles. The van der Waals surface area contributed by atoms with Crippen LogP contribution in [-0.2, 0) is 9.59 Å². The molecular formula is C19H23Cl2N3O3. The molecule has 1 unspecified atom stereocenters. The lowest BCUT2D eigenvalue weighted by molar-refractivity contribution is -0.120. The summed E-state index contributed by atoms with van der Waals surface area (Å²) in [5.74, 6) is 0.263. The average molecular weight is 412 g/mol. The van der Waals surface area contributed by atoms with Crippen molar-refractivity contribution in [2.24, 2.45) is 5.73 Å². The van der Waals surface area contributed by atoms with Crippen LogP contribution in [0.25, 0.3) is 0 Å². The van der Waals surface area contributed by atoms with E-state index in [1.807, 2.05) is 0 Å². The molecule has 0 heterocycles. The molecule has 0 saturated heterocycles. The van der Waals surface area contributed by atoms with Crippen molar-refractivity contribution in [2.75, 3.05) is 18.5 Å². The maximum absolute atomic E-state index is 12.4. The van der Waals surface area contributed by atoms with Gasteiger partial charge in [-0.1, -0.05) is 23.7 Å². The van der Waals surface area contributed by atoms with E-state index in [1.165, 1.54) is 6.92 Å². The number of benzene rings is 2. The first-order chi connectivity index (χ1) is 12.5. The van der Waals surface area contributed by atoms with Crippen LogP contribution in [0.3, 0.4) is 0 Å². The third-order valence-corrected chi connectivity index (χ3v) is 3.82. The molecular weight excluding hydrogens is 389 g/mol. The van der Waals surface area contributed by atoms with Crippen molar-refractivity contribution in [3.63, 3.8) is 0 Å². The van der Waals surface area contributed by atoms with Gasteiger partial charge in [-0.05, 0) is 42.0 Å². The van der Waals surface area contributed by atoms with Gasteiger partial charge in [-0.3, -0.25) is 9.59 Å². The molecule has 6 nitrogen and oxygen atoms in total. The minimum absolute atomic E-state index is 0. The fraction of sp³-hybridized carbons (Fsp3) is 0.263. The predicted octanol–water partition coefficient (Wildman–Crippen LogP) is 3.31. The molecule has 0 aromatic heterocycles. The van der Waals surface area contributed by atoms with Crippen molar-refractivity contribution in [1.29, 1.82) is 0 Å². The van der Waals surface area contributed by atoms with Crippen LogP contribution in [0.15, 0.2) is 48.5 Å². The first kappa shape index (κ1) is 22.8. The first-order valence-electron chi connectivity index (χ1n) is 8.23. The molecule has 0 saturated carbocycles. The molecule has 0 radical (unpaired) electrons. The Morgan fingerprint density at radius 3 is 2.30 bits per heavy atom. The van der Waals surface area contributed by atoms with E-state index in [0.717, 1.165) is 5.56 Å². The van der Waals surface area contributed by atoms with E-state index < -0.39 is 6.04 Å². The second-order valence-corrected chi connectivity index (χ2v) is 6.15. The van der Waals surface area contributed by atoms with Crippen molar-refractivity contribution < 1.29 is 14.3 Å². The van der Waals surface area contributed by atoms with Crippen molar-refractivity contribution in [3.05, 3.63) is 59.1 Å². The molecule has 0 aliphatic rings. The van der Waals surface area contributed by atoms with Gasteiger partial charge in [-0.2, -0.15) is 0 Å². The number of carbonyl (C=O) groups excluding carboxylic acids is 2. The smallest absolute Gasteiger partial charge is 0.226 e. The number of nitrogens with one attached hydrogen (secondary N) is 2. The minimum atomic E-state index is -0.433. The zero-order valence-electron chi connectivity index (χ0n) is 14.9. The lowest BCUT2D eigenvalue weighted by atomic mass is 10.0. The molecule has 2 amide bonds. The summed E-state index contributed by atoms with van der Waals surface area (Å²) in [6.45, 7) is 2.29. The molecule has 0 fully saturated rings. The Morgan fingerprint density at radius 2 is 1.74 bits per heavy atom. The van der Waals surface area contributed by atoms with E-state index >= 15 is 0 Å². The predicted molar refractivity (Wildman–Crippen MR) is 109 cm³/mol. The van der Waals surface area contributed by atoms with Crippen LogP contribution < -0.4 is 21.1 Å². The highest BCUT2D eigenvalue weighted by atomic mass is 35.5. The molecule has 4 N–H and O–H groups in total. The Labute approximate surface area is 169 Å². The quantitative estimate of drug-likeness (QED) is 0.620. The van der Waals surface area contributed by atoms with Crippen molar-refractivity contribution >= 4 is 41.5 Å². The van der Waals surface area contributed by atoms with Gasteiger partial charge in [0, 0.05) is 24.2 Å². The Morgan fingerprint density at radius 1 is 1.11 bits per heavy atom. The van der Waals surface area contributed by atoms with Gasteiger partial charge in [0.15, 0.2) is 0 Å². The van der Waals surface area contributed by atoms with E-state index in [-0.39, 0.29) is 30.6 Å². The van der Waals surface area contributed by atoms with Crippen LogP contribution in [0.2, 0.25) is 5.02 Å². The van der Waals surface area contributed by atoms with E-state index in [9.17, 15) is 9.59 Å². The molecule has 0 bridgehead atoms. The summed E-state index contributed by atoms with van der Waals surface area (Å²) >= 11 is 5.90. The number of halogens is 2. The largest absolute Gasteiger partial charge is 0.492 e. The van der Waals surface area contributed by atoms with Gasteiger partial charge in [0.25, 0.3) is 0 Å². The summed E-state index contributed by atoms with van der Waals surface area (Å²) in [5.41, 5.74) is 6.85. The third-order valence-electron chi connectivity index (χ3n) is 3.56. The summed E-state index contributed by atoms with van der Waals surface area (Å²) in [7, 11) is 0.